The van der Waals surface area contributed by atoms with E-state index in [0.717, 1.165) is 12.8 Å². The first kappa shape index (κ1) is 25.8. The number of alkyl carbamates (subject to hydrolysis) is 1. The van der Waals surface area contributed by atoms with Crippen molar-refractivity contribution < 1.29 is 19.1 Å². The molecule has 1 fully saturated rings. The van der Waals surface area contributed by atoms with Crippen LogP contribution in [-0.2, 0) is 23.1 Å². The summed E-state index contributed by atoms with van der Waals surface area (Å²) in [6, 6.07) is 10.7. The van der Waals surface area contributed by atoms with Crippen LogP contribution < -0.4 is 20.6 Å². The number of hydrogen-bond donors (Lipinski definition) is 1. The molecule has 2 aromatic heterocycles. The Hall–Kier alpha value is -4.33. The van der Waals surface area contributed by atoms with Gasteiger partial charge in [0.05, 0.1) is 23.9 Å². The second kappa shape index (κ2) is 10.3. The summed E-state index contributed by atoms with van der Waals surface area (Å²) in [7, 11) is 1.60. The van der Waals surface area contributed by atoms with Gasteiger partial charge < -0.3 is 19.7 Å². The van der Waals surface area contributed by atoms with Crippen molar-refractivity contribution in [1.82, 2.24) is 19.4 Å². The zero-order valence-electron chi connectivity index (χ0n) is 21.4. The van der Waals surface area contributed by atoms with Crippen molar-refractivity contribution in [2.45, 2.75) is 51.8 Å². The second-order valence-electron chi connectivity index (χ2n) is 9.99. The number of benzene rings is 1. The maximum absolute atomic E-state index is 13.3. The average Bonchev–Trinajstić information content (AvgIpc) is 3.08. The van der Waals surface area contributed by atoms with Crippen molar-refractivity contribution >= 4 is 29.4 Å². The maximum atomic E-state index is 13.3. The number of aryl methyl sites for hydroxylation is 1. The van der Waals surface area contributed by atoms with E-state index in [1.807, 2.05) is 17.0 Å². The van der Waals surface area contributed by atoms with Gasteiger partial charge in [-0.3, -0.25) is 13.9 Å². The lowest BCUT2D eigenvalue weighted by molar-refractivity contribution is -0.120. The van der Waals surface area contributed by atoms with Crippen LogP contribution in [0.4, 0.5) is 10.5 Å². The van der Waals surface area contributed by atoms with Crippen LogP contribution in [0.3, 0.4) is 0 Å². The maximum Gasteiger partial charge on any atom is 0.407 e. The van der Waals surface area contributed by atoms with E-state index < -0.39 is 11.7 Å². The highest BCUT2D eigenvalue weighted by Gasteiger charge is 2.28. The summed E-state index contributed by atoms with van der Waals surface area (Å²) in [4.78, 5) is 43.3. The number of carbonyl (C=O) groups excluding carboxylic acids is 2. The molecular formula is C26H30N6O5. The Balaban J connectivity index is 1.77. The van der Waals surface area contributed by atoms with Crippen LogP contribution in [0.5, 0.6) is 5.88 Å². The molecule has 0 bridgehead atoms. The fraction of sp³-hybridized carbons (Fsp3) is 0.423. The van der Waals surface area contributed by atoms with Gasteiger partial charge in [0, 0.05) is 32.2 Å². The summed E-state index contributed by atoms with van der Waals surface area (Å²) < 4.78 is 13.5. The van der Waals surface area contributed by atoms with Crippen molar-refractivity contribution in [2.24, 2.45) is 7.05 Å². The number of piperidine rings is 1. The zero-order chi connectivity index (χ0) is 26.7. The molecule has 3 aromatic rings. The largest absolute Gasteiger partial charge is 0.444 e. The molecule has 1 unspecified atom stereocenters. The fourth-order valence-corrected chi connectivity index (χ4v) is 4.57. The molecule has 1 aliphatic heterocycles. The molecule has 37 heavy (non-hydrogen) atoms. The number of nitrogens with one attached hydrogen (secondary N) is 1. The molecule has 1 N–H and O–H groups in total. The van der Waals surface area contributed by atoms with Gasteiger partial charge in [-0.15, -0.1) is 0 Å². The molecular weight excluding hydrogens is 476 g/mol. The highest BCUT2D eigenvalue weighted by molar-refractivity contribution is 5.88. The molecule has 1 atom stereocenters. The molecule has 4 rings (SSSR count). The van der Waals surface area contributed by atoms with Crippen molar-refractivity contribution in [3.63, 3.8) is 0 Å². The molecule has 11 nitrogen and oxygen atoms in total. The molecule has 1 saturated heterocycles. The highest BCUT2D eigenvalue weighted by Crippen LogP contribution is 2.32. The van der Waals surface area contributed by atoms with Crippen LogP contribution in [0, 0.1) is 11.3 Å². The number of hydrogen-bond acceptors (Lipinski definition) is 8. The Bertz CT molecular complexity index is 1430. The number of pyridine rings is 1. The first-order valence-electron chi connectivity index (χ1n) is 12.0. The Kier molecular flexibility index (Phi) is 7.20. The van der Waals surface area contributed by atoms with Crippen LogP contribution in [0.25, 0.3) is 11.2 Å². The first-order chi connectivity index (χ1) is 17.6. The topological polar surface area (TPSA) is 131 Å². The quantitative estimate of drug-likeness (QED) is 0.505. The minimum absolute atomic E-state index is 0.0601. The van der Waals surface area contributed by atoms with Gasteiger partial charge in [0.1, 0.15) is 11.1 Å². The molecule has 194 valence electrons. The number of imidazole rings is 1. The zero-order valence-corrected chi connectivity index (χ0v) is 21.4. The SMILES string of the molecule is Cn1c(=O)n(Cc2ccccc2C#N)c2c(N3CCCC(NC(=O)OC(C)(C)C)C3)cc(OC=O)nc21. The van der Waals surface area contributed by atoms with Gasteiger partial charge in [-0.2, -0.15) is 10.2 Å². The number of anilines is 1. The number of amides is 1. The molecule has 0 saturated carbocycles. The molecule has 1 amide bonds. The van der Waals surface area contributed by atoms with Crippen LogP contribution in [-0.4, -0.2) is 51.4 Å². The molecule has 11 heteroatoms. The lowest BCUT2D eigenvalue weighted by Crippen LogP contribution is -2.49. The van der Waals surface area contributed by atoms with Gasteiger partial charge in [-0.05, 0) is 45.2 Å². The molecule has 0 aliphatic carbocycles. The third kappa shape index (κ3) is 5.58. The standard InChI is InChI=1S/C26H30N6O5/c1-26(2,3)37-24(34)28-19-10-7-11-31(15-19)20-12-21(36-16-33)29-23-22(20)32(25(35)30(23)4)14-18-9-6-5-8-17(18)13-27/h5-6,8-9,12,16,19H,7,10-11,14-15H2,1-4H3,(H,28,34). The number of nitrogens with zero attached hydrogens (tertiary/aromatic N) is 5. The van der Waals surface area contributed by atoms with Gasteiger partial charge in [0.25, 0.3) is 6.47 Å². The minimum Gasteiger partial charge on any atom is -0.444 e. The van der Waals surface area contributed by atoms with Crippen molar-refractivity contribution in [3.8, 4) is 11.9 Å². The number of fused-ring (bicyclic) bond motifs is 1. The summed E-state index contributed by atoms with van der Waals surface area (Å²) in [6.07, 6.45) is 1.05. The Morgan fingerprint density at radius 3 is 2.78 bits per heavy atom. The Morgan fingerprint density at radius 2 is 2.08 bits per heavy atom. The molecule has 3 heterocycles. The minimum atomic E-state index is -0.614. The number of rotatable bonds is 6. The van der Waals surface area contributed by atoms with E-state index in [-0.39, 0.29) is 24.2 Å². The lowest BCUT2D eigenvalue weighted by atomic mass is 10.0. The summed E-state index contributed by atoms with van der Waals surface area (Å²) in [5, 5.41) is 12.5. The summed E-state index contributed by atoms with van der Waals surface area (Å²) in [5.74, 6) is 0.0601. The first-order valence-corrected chi connectivity index (χ1v) is 12.0. The van der Waals surface area contributed by atoms with E-state index in [2.05, 4.69) is 16.4 Å². The lowest BCUT2D eigenvalue weighted by Gasteiger charge is -2.35. The third-order valence-electron chi connectivity index (χ3n) is 6.15. The fourth-order valence-electron chi connectivity index (χ4n) is 4.57. The van der Waals surface area contributed by atoms with Gasteiger partial charge >= 0.3 is 11.8 Å². The normalized spacial score (nSPS) is 15.8. The molecule has 0 spiro atoms. The number of nitriles is 1. The molecule has 1 aromatic carbocycles. The molecule has 1 aliphatic rings. The monoisotopic (exact) mass is 506 g/mol. The van der Waals surface area contributed by atoms with Gasteiger partial charge in [0.2, 0.25) is 5.88 Å². The molecule has 0 radical (unpaired) electrons. The summed E-state index contributed by atoms with van der Waals surface area (Å²) >= 11 is 0. The van der Waals surface area contributed by atoms with E-state index in [4.69, 9.17) is 9.47 Å². The van der Waals surface area contributed by atoms with E-state index in [0.29, 0.717) is 47.5 Å². The van der Waals surface area contributed by atoms with Crippen LogP contribution in [0.2, 0.25) is 0 Å². The van der Waals surface area contributed by atoms with E-state index in [1.165, 1.54) is 4.57 Å². The Morgan fingerprint density at radius 1 is 1.32 bits per heavy atom. The van der Waals surface area contributed by atoms with Crippen molar-refractivity contribution in [2.75, 3.05) is 18.0 Å². The van der Waals surface area contributed by atoms with E-state index in [9.17, 15) is 19.6 Å². The van der Waals surface area contributed by atoms with Gasteiger partial charge in [-0.25, -0.2) is 9.59 Å². The van der Waals surface area contributed by atoms with Crippen molar-refractivity contribution in [3.05, 3.63) is 51.9 Å². The van der Waals surface area contributed by atoms with Crippen LogP contribution in [0.1, 0.15) is 44.7 Å². The number of aromatic nitrogens is 3. The van der Waals surface area contributed by atoms with Gasteiger partial charge in [0.15, 0.2) is 5.65 Å². The van der Waals surface area contributed by atoms with Crippen LogP contribution in [0.15, 0.2) is 35.1 Å². The van der Waals surface area contributed by atoms with E-state index in [1.54, 1.807) is 50.6 Å². The predicted molar refractivity (Wildman–Crippen MR) is 137 cm³/mol. The summed E-state index contributed by atoms with van der Waals surface area (Å²) in [5.41, 5.74) is 1.77. The van der Waals surface area contributed by atoms with Crippen LogP contribution >= 0.6 is 0 Å². The summed E-state index contributed by atoms with van der Waals surface area (Å²) in [6.45, 7) is 6.99. The Labute approximate surface area is 214 Å². The van der Waals surface area contributed by atoms with Gasteiger partial charge in [-0.1, -0.05) is 18.2 Å². The van der Waals surface area contributed by atoms with E-state index >= 15 is 0 Å². The highest BCUT2D eigenvalue weighted by atomic mass is 16.6. The second-order valence-corrected chi connectivity index (χ2v) is 9.99. The smallest absolute Gasteiger partial charge is 0.407 e. The van der Waals surface area contributed by atoms with Crippen molar-refractivity contribution in [1.29, 1.82) is 5.26 Å². The number of ether oxygens (including phenoxy) is 2. The predicted octanol–water partition coefficient (Wildman–Crippen LogP) is 2.68. The third-order valence-corrected chi connectivity index (χ3v) is 6.15. The number of carbonyl (C=O) groups is 2. The average molecular weight is 507 g/mol.